The van der Waals surface area contributed by atoms with Crippen LogP contribution in [0.15, 0.2) is 27.6 Å². The van der Waals surface area contributed by atoms with E-state index >= 15 is 0 Å². The normalized spacial score (nSPS) is 19.7. The highest BCUT2D eigenvalue weighted by atomic mass is 79.9. The van der Waals surface area contributed by atoms with E-state index in [1.165, 1.54) is 24.3 Å². The summed E-state index contributed by atoms with van der Waals surface area (Å²) in [4.78, 5) is 39.4. The van der Waals surface area contributed by atoms with Crippen LogP contribution in [0.25, 0.3) is 6.08 Å². The Morgan fingerprint density at radius 3 is 2.67 bits per heavy atom. The summed E-state index contributed by atoms with van der Waals surface area (Å²) in [6.45, 7) is 1.12. The minimum atomic E-state index is -0.488. The Balaban J connectivity index is 1.74. The molecular weight excluding hydrogens is 399 g/mol. The van der Waals surface area contributed by atoms with Crippen molar-refractivity contribution >= 4 is 50.8 Å². The predicted octanol–water partition coefficient (Wildman–Crippen LogP) is 3.25. The molecular formula is C16H14BrFN2O3S. The van der Waals surface area contributed by atoms with Crippen molar-refractivity contribution in [3.63, 3.8) is 0 Å². The van der Waals surface area contributed by atoms with Crippen LogP contribution in [-0.2, 0) is 9.59 Å². The first-order valence-electron chi connectivity index (χ1n) is 7.44. The summed E-state index contributed by atoms with van der Waals surface area (Å²) in [5.74, 6) is -1.10. The van der Waals surface area contributed by atoms with Crippen LogP contribution in [-0.4, -0.2) is 46.5 Å². The summed E-state index contributed by atoms with van der Waals surface area (Å²) < 4.78 is 13.5. The van der Waals surface area contributed by atoms with Crippen molar-refractivity contribution in [1.29, 1.82) is 0 Å². The molecule has 126 valence electrons. The minimum Gasteiger partial charge on any atom is -0.341 e. The zero-order chi connectivity index (χ0) is 17.3. The van der Waals surface area contributed by atoms with Crippen LogP contribution in [0, 0.1) is 5.82 Å². The molecule has 2 fully saturated rings. The van der Waals surface area contributed by atoms with Crippen molar-refractivity contribution in [3.8, 4) is 0 Å². The average molecular weight is 413 g/mol. The van der Waals surface area contributed by atoms with E-state index in [-0.39, 0.29) is 21.8 Å². The highest BCUT2D eigenvalue weighted by molar-refractivity contribution is 9.10. The molecule has 3 amide bonds. The highest BCUT2D eigenvalue weighted by Crippen LogP contribution is 2.32. The van der Waals surface area contributed by atoms with Crippen LogP contribution in [0.2, 0.25) is 0 Å². The van der Waals surface area contributed by atoms with Gasteiger partial charge in [0.05, 0.1) is 9.38 Å². The number of rotatable bonds is 3. The quantitative estimate of drug-likeness (QED) is 0.714. The zero-order valence-electron chi connectivity index (χ0n) is 12.6. The summed E-state index contributed by atoms with van der Waals surface area (Å²) in [6.07, 6.45) is 3.43. The Morgan fingerprint density at radius 1 is 1.29 bits per heavy atom. The number of hydrogen-bond donors (Lipinski definition) is 0. The molecule has 0 aromatic heterocycles. The number of benzene rings is 1. The Bertz CT molecular complexity index is 747. The van der Waals surface area contributed by atoms with Crippen molar-refractivity contribution in [2.24, 2.45) is 0 Å². The molecule has 0 N–H and O–H groups in total. The molecule has 0 spiro atoms. The van der Waals surface area contributed by atoms with Gasteiger partial charge in [-0.3, -0.25) is 19.3 Å². The first kappa shape index (κ1) is 17.2. The Hall–Kier alpha value is -1.67. The Morgan fingerprint density at radius 2 is 2.00 bits per heavy atom. The minimum absolute atomic E-state index is 0.208. The number of likely N-dealkylation sites (tertiary alicyclic amines) is 1. The number of nitrogens with zero attached hydrogens (tertiary/aromatic N) is 2. The van der Waals surface area contributed by atoms with E-state index < -0.39 is 17.0 Å². The number of hydrogen-bond acceptors (Lipinski definition) is 4. The zero-order valence-corrected chi connectivity index (χ0v) is 15.0. The van der Waals surface area contributed by atoms with Gasteiger partial charge < -0.3 is 4.90 Å². The standard InChI is InChI=1S/C16H14BrFN2O3S/c17-11-7-10(3-4-12(11)18)8-13-15(22)20(16(23)24-13)9-14(21)19-5-1-2-6-19/h3-4,7-8H,1-2,5-6,9H2/b13-8+. The van der Waals surface area contributed by atoms with Gasteiger partial charge in [-0.05, 0) is 64.3 Å². The van der Waals surface area contributed by atoms with Gasteiger partial charge in [-0.2, -0.15) is 0 Å². The fourth-order valence-corrected chi connectivity index (χ4v) is 3.83. The van der Waals surface area contributed by atoms with Crippen molar-refractivity contribution in [2.45, 2.75) is 12.8 Å². The number of thioether (sulfide) groups is 1. The summed E-state index contributed by atoms with van der Waals surface area (Å²) in [5, 5.41) is -0.458. The highest BCUT2D eigenvalue weighted by Gasteiger charge is 2.37. The van der Waals surface area contributed by atoms with E-state index in [9.17, 15) is 18.8 Å². The maximum atomic E-state index is 13.3. The van der Waals surface area contributed by atoms with E-state index in [0.717, 1.165) is 29.5 Å². The molecule has 2 heterocycles. The molecule has 0 saturated carbocycles. The van der Waals surface area contributed by atoms with Gasteiger partial charge >= 0.3 is 0 Å². The van der Waals surface area contributed by atoms with Gasteiger partial charge in [0, 0.05) is 13.1 Å². The molecule has 0 radical (unpaired) electrons. The second-order valence-electron chi connectivity index (χ2n) is 5.53. The number of carbonyl (C=O) groups excluding carboxylic acids is 3. The topological polar surface area (TPSA) is 57.7 Å². The third-order valence-corrected chi connectivity index (χ3v) is 5.38. The lowest BCUT2D eigenvalue weighted by atomic mass is 10.2. The summed E-state index contributed by atoms with van der Waals surface area (Å²) in [5.41, 5.74) is 0.597. The number of imide groups is 1. The van der Waals surface area contributed by atoms with Crippen LogP contribution in [0.4, 0.5) is 9.18 Å². The van der Waals surface area contributed by atoms with E-state index in [4.69, 9.17) is 0 Å². The fraction of sp³-hybridized carbons (Fsp3) is 0.312. The lowest BCUT2D eigenvalue weighted by molar-refractivity contribution is -0.135. The van der Waals surface area contributed by atoms with Crippen LogP contribution < -0.4 is 0 Å². The first-order valence-corrected chi connectivity index (χ1v) is 9.05. The van der Waals surface area contributed by atoms with Crippen LogP contribution in [0.5, 0.6) is 0 Å². The van der Waals surface area contributed by atoms with Gasteiger partial charge in [0.15, 0.2) is 0 Å². The van der Waals surface area contributed by atoms with E-state index in [0.29, 0.717) is 18.7 Å². The molecule has 0 unspecified atom stereocenters. The van der Waals surface area contributed by atoms with E-state index in [2.05, 4.69) is 15.9 Å². The summed E-state index contributed by atoms with van der Waals surface area (Å²) in [7, 11) is 0. The largest absolute Gasteiger partial charge is 0.341 e. The predicted molar refractivity (Wildman–Crippen MR) is 92.6 cm³/mol. The molecule has 0 aliphatic carbocycles. The van der Waals surface area contributed by atoms with Crippen LogP contribution in [0.3, 0.4) is 0 Å². The number of halogens is 2. The molecule has 3 rings (SSSR count). The third kappa shape index (κ3) is 3.54. The molecule has 24 heavy (non-hydrogen) atoms. The molecule has 5 nitrogen and oxygen atoms in total. The second-order valence-corrected chi connectivity index (χ2v) is 7.38. The van der Waals surface area contributed by atoms with Crippen molar-refractivity contribution in [1.82, 2.24) is 9.80 Å². The van der Waals surface area contributed by atoms with Gasteiger partial charge in [0.1, 0.15) is 12.4 Å². The SMILES string of the molecule is O=C(CN1C(=O)S/C(=C/c2ccc(F)c(Br)c2)C1=O)N1CCCC1. The number of carbonyl (C=O) groups is 3. The summed E-state index contributed by atoms with van der Waals surface area (Å²) >= 11 is 3.87. The Kier molecular flexibility index (Phi) is 5.05. The molecule has 2 aliphatic rings. The van der Waals surface area contributed by atoms with Crippen molar-refractivity contribution < 1.29 is 18.8 Å². The lowest BCUT2D eigenvalue weighted by Crippen LogP contribution is -2.40. The molecule has 2 saturated heterocycles. The Labute approximate surface area is 151 Å². The fourth-order valence-electron chi connectivity index (χ4n) is 2.59. The molecule has 1 aromatic rings. The monoisotopic (exact) mass is 412 g/mol. The maximum absolute atomic E-state index is 13.3. The molecule has 0 atom stereocenters. The smallest absolute Gasteiger partial charge is 0.294 e. The van der Waals surface area contributed by atoms with E-state index in [1.54, 1.807) is 4.90 Å². The molecule has 8 heteroatoms. The van der Waals surface area contributed by atoms with Gasteiger partial charge in [-0.25, -0.2) is 4.39 Å². The number of amides is 3. The summed E-state index contributed by atoms with van der Waals surface area (Å²) in [6, 6.07) is 4.32. The second kappa shape index (κ2) is 7.06. The molecule has 1 aromatic carbocycles. The molecule has 0 bridgehead atoms. The third-order valence-electron chi connectivity index (χ3n) is 3.87. The van der Waals surface area contributed by atoms with Crippen molar-refractivity contribution in [3.05, 3.63) is 39.0 Å². The average Bonchev–Trinajstić information content (AvgIpc) is 3.16. The lowest BCUT2D eigenvalue weighted by Gasteiger charge is -2.18. The molecule has 2 aliphatic heterocycles. The van der Waals surface area contributed by atoms with Crippen LogP contribution in [0.1, 0.15) is 18.4 Å². The van der Waals surface area contributed by atoms with Gasteiger partial charge in [-0.1, -0.05) is 6.07 Å². The van der Waals surface area contributed by atoms with Gasteiger partial charge in [-0.15, -0.1) is 0 Å². The van der Waals surface area contributed by atoms with Gasteiger partial charge in [0.2, 0.25) is 5.91 Å². The maximum Gasteiger partial charge on any atom is 0.294 e. The first-order chi connectivity index (χ1) is 11.5. The van der Waals surface area contributed by atoms with Gasteiger partial charge in [0.25, 0.3) is 11.1 Å². The van der Waals surface area contributed by atoms with E-state index in [1.807, 2.05) is 0 Å². The van der Waals surface area contributed by atoms with Crippen LogP contribution >= 0.6 is 27.7 Å². The van der Waals surface area contributed by atoms with Crippen molar-refractivity contribution in [2.75, 3.05) is 19.6 Å².